The van der Waals surface area contributed by atoms with Crippen LogP contribution in [-0.4, -0.2) is 0 Å². The lowest BCUT2D eigenvalue weighted by atomic mass is 9.89. The summed E-state index contributed by atoms with van der Waals surface area (Å²) in [7, 11) is 0. The molecule has 1 heteroatoms. The van der Waals surface area contributed by atoms with Crippen LogP contribution >= 0.6 is 0 Å². The van der Waals surface area contributed by atoms with Crippen molar-refractivity contribution in [3.05, 3.63) is 71.1 Å². The van der Waals surface area contributed by atoms with Crippen LogP contribution in [0.2, 0.25) is 0 Å². The molecule has 2 aliphatic rings. The number of nitrogens with zero attached hydrogens (tertiary/aromatic N) is 1. The van der Waals surface area contributed by atoms with Gasteiger partial charge in [0.15, 0.2) is 17.4 Å². The minimum atomic E-state index is 0.151. The molecule has 1 aromatic heterocycles. The maximum Gasteiger partial charge on any atom is 0.190 e. The van der Waals surface area contributed by atoms with Crippen molar-refractivity contribution in [1.82, 2.24) is 0 Å². The zero-order valence-corrected chi connectivity index (χ0v) is 12.7. The van der Waals surface area contributed by atoms with Gasteiger partial charge in [-0.05, 0) is 36.1 Å². The lowest BCUT2D eigenvalue weighted by Gasteiger charge is -2.21. The Balaban J connectivity index is 1.87. The summed E-state index contributed by atoms with van der Waals surface area (Å²) in [5.41, 5.74) is 6.00. The summed E-state index contributed by atoms with van der Waals surface area (Å²) in [6.07, 6.45) is 13.0. The van der Waals surface area contributed by atoms with E-state index in [0.717, 1.165) is 12.8 Å². The fourth-order valence-electron chi connectivity index (χ4n) is 3.92. The minimum Gasteiger partial charge on any atom is -0.193 e. The monoisotopic (exact) mass is 276 g/mol. The van der Waals surface area contributed by atoms with Gasteiger partial charge < -0.3 is 0 Å². The van der Waals surface area contributed by atoms with Crippen LogP contribution in [0.15, 0.2) is 48.7 Å². The fourth-order valence-corrected chi connectivity index (χ4v) is 3.92. The number of hydrogen-bond donors (Lipinski definition) is 0. The van der Waals surface area contributed by atoms with E-state index in [-0.39, 0.29) is 5.54 Å². The van der Waals surface area contributed by atoms with Crippen LogP contribution in [0.4, 0.5) is 0 Å². The Morgan fingerprint density at radius 1 is 1.10 bits per heavy atom. The van der Waals surface area contributed by atoms with Gasteiger partial charge in [0, 0.05) is 30.9 Å². The van der Waals surface area contributed by atoms with Crippen LogP contribution in [0.1, 0.15) is 42.1 Å². The van der Waals surface area contributed by atoms with Gasteiger partial charge >= 0.3 is 0 Å². The molecule has 0 saturated carbocycles. The number of fused-ring (bicyclic) bond motifs is 2. The van der Waals surface area contributed by atoms with E-state index in [1.54, 1.807) is 0 Å². The second kappa shape index (κ2) is 4.84. The number of allylic oxidation sites excluding steroid dienone is 1. The van der Waals surface area contributed by atoms with E-state index in [2.05, 4.69) is 66.2 Å². The van der Waals surface area contributed by atoms with Crippen molar-refractivity contribution < 1.29 is 4.57 Å². The van der Waals surface area contributed by atoms with Crippen molar-refractivity contribution in [3.63, 3.8) is 0 Å². The molecule has 3 heterocycles. The third kappa shape index (κ3) is 2.03. The zero-order chi connectivity index (χ0) is 14.3. The van der Waals surface area contributed by atoms with E-state index < -0.39 is 0 Å². The minimum absolute atomic E-state index is 0.151. The van der Waals surface area contributed by atoms with Crippen molar-refractivity contribution >= 4 is 6.08 Å². The smallest absolute Gasteiger partial charge is 0.190 e. The molecule has 1 atom stereocenters. The van der Waals surface area contributed by atoms with Gasteiger partial charge in [0.05, 0.1) is 0 Å². The van der Waals surface area contributed by atoms with E-state index in [4.69, 9.17) is 0 Å². The van der Waals surface area contributed by atoms with Crippen LogP contribution in [0.25, 0.3) is 6.08 Å². The molecule has 0 saturated heterocycles. The van der Waals surface area contributed by atoms with Crippen LogP contribution in [0.5, 0.6) is 0 Å². The van der Waals surface area contributed by atoms with E-state index in [1.807, 2.05) is 0 Å². The summed E-state index contributed by atoms with van der Waals surface area (Å²) >= 11 is 0. The Kier molecular flexibility index (Phi) is 2.95. The maximum atomic E-state index is 2.55. The van der Waals surface area contributed by atoms with Gasteiger partial charge in [-0.1, -0.05) is 37.3 Å². The van der Waals surface area contributed by atoms with E-state index in [9.17, 15) is 0 Å². The van der Waals surface area contributed by atoms with Crippen LogP contribution < -0.4 is 4.57 Å². The number of aromatic nitrogens is 1. The molecule has 2 aliphatic heterocycles. The van der Waals surface area contributed by atoms with Crippen LogP contribution in [0, 0.1) is 0 Å². The molecule has 0 fully saturated rings. The average molecular weight is 276 g/mol. The summed E-state index contributed by atoms with van der Waals surface area (Å²) < 4.78 is 2.55. The molecule has 0 spiro atoms. The van der Waals surface area contributed by atoms with Crippen molar-refractivity contribution in [1.29, 1.82) is 0 Å². The Morgan fingerprint density at radius 2 is 2.00 bits per heavy atom. The van der Waals surface area contributed by atoms with Crippen molar-refractivity contribution in [2.45, 2.75) is 44.6 Å². The first-order chi connectivity index (χ1) is 10.3. The van der Waals surface area contributed by atoms with Gasteiger partial charge in [-0.25, -0.2) is 0 Å². The molecule has 4 rings (SSSR count). The first-order valence-electron chi connectivity index (χ1n) is 8.12. The van der Waals surface area contributed by atoms with Crippen molar-refractivity contribution in [3.8, 4) is 0 Å². The Labute approximate surface area is 127 Å². The van der Waals surface area contributed by atoms with Gasteiger partial charge in [-0.15, -0.1) is 0 Å². The molecule has 21 heavy (non-hydrogen) atoms. The molecule has 2 aromatic rings. The first-order valence-corrected chi connectivity index (χ1v) is 8.12. The average Bonchev–Trinajstić information content (AvgIpc) is 2.83. The lowest BCUT2D eigenvalue weighted by Crippen LogP contribution is -2.54. The molecule has 106 valence electrons. The van der Waals surface area contributed by atoms with Crippen molar-refractivity contribution in [2.75, 3.05) is 0 Å². The van der Waals surface area contributed by atoms with E-state index in [0.29, 0.717) is 0 Å². The standard InChI is InChI=1S/C20H22N/c1-2-20-13-12-18-7-4-3-6-17(18)8-5-9-19-11-10-16(14-20)15-21(19)20/h3-4,6-7,10-13,15H,2,5,8-9,14H2,1H3/q+1. The van der Waals surface area contributed by atoms with Crippen molar-refractivity contribution in [2.24, 2.45) is 0 Å². The normalized spacial score (nSPS) is 22.9. The van der Waals surface area contributed by atoms with E-state index in [1.165, 1.54) is 41.6 Å². The first kappa shape index (κ1) is 12.8. The van der Waals surface area contributed by atoms with Gasteiger partial charge in [0.1, 0.15) is 0 Å². The Bertz CT molecular complexity index is 714. The van der Waals surface area contributed by atoms with E-state index >= 15 is 0 Å². The summed E-state index contributed by atoms with van der Waals surface area (Å²) in [4.78, 5) is 0. The predicted octanol–water partition coefficient (Wildman–Crippen LogP) is 3.84. The molecular formula is C20H22N+. The molecular weight excluding hydrogens is 254 g/mol. The highest BCUT2D eigenvalue weighted by molar-refractivity contribution is 5.55. The second-order valence-corrected chi connectivity index (χ2v) is 6.42. The largest absolute Gasteiger partial charge is 0.193 e. The lowest BCUT2D eigenvalue weighted by molar-refractivity contribution is -0.750. The molecule has 0 aliphatic carbocycles. The predicted molar refractivity (Wildman–Crippen MR) is 86.1 cm³/mol. The number of benzene rings is 1. The highest BCUT2D eigenvalue weighted by Gasteiger charge is 2.43. The van der Waals surface area contributed by atoms with Gasteiger partial charge in [-0.2, -0.15) is 4.57 Å². The van der Waals surface area contributed by atoms with Crippen LogP contribution in [-0.2, 0) is 24.8 Å². The molecule has 1 nitrogen and oxygen atoms in total. The summed E-state index contributed by atoms with van der Waals surface area (Å²) in [5, 5.41) is 0. The Morgan fingerprint density at radius 3 is 2.90 bits per heavy atom. The molecule has 0 amide bonds. The highest BCUT2D eigenvalue weighted by Crippen LogP contribution is 2.30. The zero-order valence-electron chi connectivity index (χ0n) is 12.7. The molecule has 0 radical (unpaired) electrons. The third-order valence-electron chi connectivity index (χ3n) is 5.20. The topological polar surface area (TPSA) is 3.88 Å². The Hall–Kier alpha value is -1.89. The molecule has 1 aromatic carbocycles. The summed E-state index contributed by atoms with van der Waals surface area (Å²) in [5.74, 6) is 0. The van der Waals surface area contributed by atoms with Crippen LogP contribution in [0.3, 0.4) is 0 Å². The maximum absolute atomic E-state index is 2.55. The van der Waals surface area contributed by atoms with Gasteiger partial charge in [0.2, 0.25) is 0 Å². The molecule has 0 N–H and O–H groups in total. The fraction of sp³-hybridized carbons (Fsp3) is 0.350. The number of pyridine rings is 1. The summed E-state index contributed by atoms with van der Waals surface area (Å²) in [6.45, 7) is 2.31. The SMILES string of the molecule is CCC12C=Cc3ccccc3CCCc3ccc(c[n+]31)C2. The van der Waals surface area contributed by atoms with Gasteiger partial charge in [0.25, 0.3) is 0 Å². The van der Waals surface area contributed by atoms with Gasteiger partial charge in [-0.3, -0.25) is 0 Å². The number of hydrogen-bond acceptors (Lipinski definition) is 0. The second-order valence-electron chi connectivity index (χ2n) is 6.42. The molecule has 2 bridgehead atoms. The number of rotatable bonds is 1. The highest BCUT2D eigenvalue weighted by atomic mass is 15.1. The quantitative estimate of drug-likeness (QED) is 0.697. The molecule has 1 unspecified atom stereocenters. The third-order valence-corrected chi connectivity index (χ3v) is 5.20. The number of aryl methyl sites for hydroxylation is 2. The summed E-state index contributed by atoms with van der Waals surface area (Å²) in [6, 6.07) is 13.5.